The third-order valence-corrected chi connectivity index (χ3v) is 8.74. The summed E-state index contributed by atoms with van der Waals surface area (Å²) in [5.41, 5.74) is -1.93. The van der Waals surface area contributed by atoms with Gasteiger partial charge in [-0.25, -0.2) is 18.0 Å². The Morgan fingerprint density at radius 1 is 1.20 bits per heavy atom. The zero-order chi connectivity index (χ0) is 32.6. The van der Waals surface area contributed by atoms with Crippen molar-refractivity contribution >= 4 is 33.0 Å². The van der Waals surface area contributed by atoms with Crippen LogP contribution in [0.25, 0.3) is 11.1 Å². The third kappa shape index (κ3) is 7.23. The fraction of sp³-hybridized carbons (Fsp3) is 0.429. The van der Waals surface area contributed by atoms with E-state index in [-0.39, 0.29) is 52.3 Å². The quantitative estimate of drug-likeness (QED) is 0.360. The summed E-state index contributed by atoms with van der Waals surface area (Å²) in [4.78, 5) is 31.0. The Morgan fingerprint density at radius 3 is 2.52 bits per heavy atom. The highest BCUT2D eigenvalue weighted by Crippen LogP contribution is 2.42. The smallest absolute Gasteiger partial charge is 0.383 e. The molecular weight excluding hydrogens is 611 g/mol. The highest BCUT2D eigenvalue weighted by atomic mass is 32.2. The first-order valence-electron chi connectivity index (χ1n) is 13.5. The Balaban J connectivity index is 1.87. The van der Waals surface area contributed by atoms with E-state index in [1.807, 2.05) is 0 Å². The molecule has 3 heterocycles. The molecule has 0 spiro atoms. The predicted molar refractivity (Wildman–Crippen MR) is 153 cm³/mol. The van der Waals surface area contributed by atoms with Crippen molar-refractivity contribution in [3.05, 3.63) is 53.5 Å². The fourth-order valence-electron chi connectivity index (χ4n) is 4.88. The van der Waals surface area contributed by atoms with Gasteiger partial charge in [0, 0.05) is 67.1 Å². The van der Waals surface area contributed by atoms with Crippen molar-refractivity contribution in [2.24, 2.45) is 11.4 Å². The van der Waals surface area contributed by atoms with Crippen LogP contribution in [0.5, 0.6) is 0 Å². The standard InChI is InChI=1S/C28H31F5N6O4S/c1-16-21(18-14-34-38(3)15-18)23(28(31,32)33)36-24(39-11-6-9-27(29,30)10-12-39)22(16)26(42)35-19-7-5-8-20(13-19)44(4,43)37-25(41)17(2)40/h5,7-8,13-15,17,40H,6,9-12H2,1-4H3,(H,35,42)/t17-,44-/m1/s1. The SMILES string of the molecule is Cc1c(C(=O)Nc2cccc([S@@](C)(=O)=NC(=O)[C@@H](C)O)c2)c(N2CCCC(F)(F)CC2)nc(C(F)(F)F)c1-c1cnn(C)c1. The van der Waals surface area contributed by atoms with Gasteiger partial charge in [-0.05, 0) is 44.0 Å². The van der Waals surface area contributed by atoms with Crippen LogP contribution in [0, 0.1) is 6.92 Å². The first-order valence-corrected chi connectivity index (χ1v) is 15.4. The maximum Gasteiger partial charge on any atom is 0.434 e. The second-order valence-corrected chi connectivity index (χ2v) is 12.9. The van der Waals surface area contributed by atoms with Crippen LogP contribution in [0.3, 0.4) is 0 Å². The number of rotatable bonds is 6. The van der Waals surface area contributed by atoms with Crippen LogP contribution >= 0.6 is 0 Å². The van der Waals surface area contributed by atoms with Gasteiger partial charge in [-0.1, -0.05) is 6.07 Å². The van der Waals surface area contributed by atoms with E-state index in [4.69, 9.17) is 0 Å². The summed E-state index contributed by atoms with van der Waals surface area (Å²) in [6.07, 6.45) is -3.87. The average Bonchev–Trinajstić information content (AvgIpc) is 3.25. The third-order valence-electron chi connectivity index (χ3n) is 7.09. The Hall–Kier alpha value is -3.92. The summed E-state index contributed by atoms with van der Waals surface area (Å²) in [5.74, 6) is -5.32. The molecule has 1 fully saturated rings. The van der Waals surface area contributed by atoms with Crippen LogP contribution in [0.4, 0.5) is 33.5 Å². The molecule has 2 N–H and O–H groups in total. The second kappa shape index (κ2) is 12.2. The number of pyridine rings is 1. The molecule has 2 amide bonds. The average molecular weight is 643 g/mol. The number of amides is 2. The molecular formula is C28H31F5N6O4S. The number of aromatic nitrogens is 3. The van der Waals surface area contributed by atoms with Gasteiger partial charge >= 0.3 is 6.18 Å². The fourth-order valence-corrected chi connectivity index (χ4v) is 6.15. The number of carbonyl (C=O) groups excluding carboxylic acids is 2. The Morgan fingerprint density at radius 2 is 1.91 bits per heavy atom. The lowest BCUT2D eigenvalue weighted by Gasteiger charge is -2.27. The molecule has 10 nitrogen and oxygen atoms in total. The normalized spacial score (nSPS) is 17.4. The van der Waals surface area contributed by atoms with Crippen LogP contribution in [0.15, 0.2) is 45.9 Å². The molecule has 1 aliphatic heterocycles. The van der Waals surface area contributed by atoms with Gasteiger partial charge in [-0.2, -0.15) is 22.6 Å². The van der Waals surface area contributed by atoms with Crippen molar-refractivity contribution in [1.82, 2.24) is 14.8 Å². The summed E-state index contributed by atoms with van der Waals surface area (Å²) in [7, 11) is -1.84. The summed E-state index contributed by atoms with van der Waals surface area (Å²) in [6, 6.07) is 5.52. The number of aryl methyl sites for hydroxylation is 1. The van der Waals surface area contributed by atoms with Crippen LogP contribution in [0.1, 0.15) is 47.8 Å². The van der Waals surface area contributed by atoms with E-state index in [2.05, 4.69) is 19.8 Å². The molecule has 3 aromatic rings. The van der Waals surface area contributed by atoms with E-state index < -0.39 is 64.1 Å². The summed E-state index contributed by atoms with van der Waals surface area (Å²) in [6.45, 7) is 2.09. The number of aliphatic hydroxyl groups excluding tert-OH is 1. The minimum Gasteiger partial charge on any atom is -0.383 e. The molecule has 16 heteroatoms. The molecule has 2 aromatic heterocycles. The number of anilines is 2. The Bertz CT molecular complexity index is 1710. The Kier molecular flexibility index (Phi) is 9.17. The summed E-state index contributed by atoms with van der Waals surface area (Å²) >= 11 is 0. The highest BCUT2D eigenvalue weighted by molar-refractivity contribution is 7.93. The largest absolute Gasteiger partial charge is 0.434 e. The van der Waals surface area contributed by atoms with Gasteiger partial charge in [0.25, 0.3) is 11.8 Å². The number of aliphatic hydroxyl groups is 1. The molecule has 44 heavy (non-hydrogen) atoms. The first kappa shape index (κ1) is 33.0. The molecule has 0 saturated carbocycles. The van der Waals surface area contributed by atoms with Crippen molar-refractivity contribution in [3.8, 4) is 11.1 Å². The van der Waals surface area contributed by atoms with Crippen LogP contribution in [-0.4, -0.2) is 67.3 Å². The van der Waals surface area contributed by atoms with Crippen molar-refractivity contribution in [2.75, 3.05) is 29.6 Å². The van der Waals surface area contributed by atoms with E-state index in [0.29, 0.717) is 0 Å². The lowest BCUT2D eigenvalue weighted by molar-refractivity contribution is -0.140. The molecule has 0 bridgehead atoms. The zero-order valence-electron chi connectivity index (χ0n) is 24.3. The summed E-state index contributed by atoms with van der Waals surface area (Å²) < 4.78 is 89.8. The second-order valence-electron chi connectivity index (χ2n) is 10.6. The minimum atomic E-state index is -4.96. The number of benzene rings is 1. The number of halogens is 5. The van der Waals surface area contributed by atoms with Crippen LogP contribution in [0.2, 0.25) is 0 Å². The molecule has 1 aromatic carbocycles. The molecule has 2 atom stereocenters. The van der Waals surface area contributed by atoms with E-state index in [1.165, 1.54) is 73.4 Å². The molecule has 4 rings (SSSR count). The van der Waals surface area contributed by atoms with Gasteiger partial charge in [0.05, 0.1) is 21.5 Å². The predicted octanol–water partition coefficient (Wildman–Crippen LogP) is 5.05. The number of carbonyl (C=O) groups is 2. The summed E-state index contributed by atoms with van der Waals surface area (Å²) in [5, 5.41) is 16.0. The lowest BCUT2D eigenvalue weighted by Crippen LogP contribution is -2.31. The highest BCUT2D eigenvalue weighted by Gasteiger charge is 2.41. The van der Waals surface area contributed by atoms with Gasteiger partial charge < -0.3 is 15.3 Å². The molecule has 0 unspecified atom stereocenters. The topological polar surface area (TPSA) is 130 Å². The van der Waals surface area contributed by atoms with E-state index in [0.717, 1.165) is 0 Å². The van der Waals surface area contributed by atoms with Gasteiger partial charge in [-0.3, -0.25) is 14.3 Å². The van der Waals surface area contributed by atoms with Crippen molar-refractivity contribution in [2.45, 2.75) is 56.2 Å². The van der Waals surface area contributed by atoms with Gasteiger partial charge in [-0.15, -0.1) is 0 Å². The molecule has 1 saturated heterocycles. The maximum absolute atomic E-state index is 14.4. The van der Waals surface area contributed by atoms with Gasteiger partial charge in [0.2, 0.25) is 5.92 Å². The van der Waals surface area contributed by atoms with Gasteiger partial charge in [0.1, 0.15) is 11.9 Å². The Labute approximate surface area is 250 Å². The molecule has 0 radical (unpaired) electrons. The number of nitrogens with one attached hydrogen (secondary N) is 1. The van der Waals surface area contributed by atoms with E-state index in [9.17, 15) is 40.9 Å². The van der Waals surface area contributed by atoms with Crippen LogP contribution in [-0.2, 0) is 27.7 Å². The maximum atomic E-state index is 14.4. The monoisotopic (exact) mass is 642 g/mol. The zero-order valence-corrected chi connectivity index (χ0v) is 25.1. The van der Waals surface area contributed by atoms with Crippen molar-refractivity contribution < 1.29 is 40.9 Å². The molecule has 0 aliphatic carbocycles. The van der Waals surface area contributed by atoms with E-state index >= 15 is 0 Å². The molecule has 238 valence electrons. The van der Waals surface area contributed by atoms with Crippen molar-refractivity contribution in [1.29, 1.82) is 0 Å². The van der Waals surface area contributed by atoms with Crippen LogP contribution < -0.4 is 10.2 Å². The minimum absolute atomic E-state index is 0.0394. The van der Waals surface area contributed by atoms with Crippen molar-refractivity contribution in [3.63, 3.8) is 0 Å². The number of alkyl halides is 5. The number of hydrogen-bond donors (Lipinski definition) is 2. The number of hydrogen-bond acceptors (Lipinski definition) is 7. The number of nitrogens with zero attached hydrogens (tertiary/aromatic N) is 5. The first-order chi connectivity index (χ1) is 20.4. The lowest BCUT2D eigenvalue weighted by atomic mass is 9.95. The van der Waals surface area contributed by atoms with Gasteiger partial charge in [0.15, 0.2) is 5.69 Å². The molecule has 1 aliphatic rings. The van der Waals surface area contributed by atoms with E-state index in [1.54, 1.807) is 0 Å².